The normalized spacial score (nSPS) is 14.3. The van der Waals surface area contributed by atoms with Crippen LogP contribution in [0.3, 0.4) is 0 Å². The first kappa shape index (κ1) is 14.4. The van der Waals surface area contributed by atoms with Gasteiger partial charge in [-0.05, 0) is 24.1 Å². The molecule has 102 valence electrons. The van der Waals surface area contributed by atoms with Crippen molar-refractivity contribution in [2.75, 3.05) is 24.6 Å². The summed E-state index contributed by atoms with van der Waals surface area (Å²) in [5.41, 5.74) is 1.02. The Morgan fingerprint density at radius 1 is 1.42 bits per heavy atom. The smallest absolute Gasteiger partial charge is 0.230 e. The quantitative estimate of drug-likeness (QED) is 0.907. The molecule has 0 saturated heterocycles. The number of carbonyl (C=O) groups excluding carboxylic acids is 1. The minimum atomic E-state index is -0.237. The zero-order chi connectivity index (χ0) is 13.5. The van der Waals surface area contributed by atoms with Gasteiger partial charge < -0.3 is 5.32 Å². The predicted octanol–water partition coefficient (Wildman–Crippen LogP) is 2.32. The molecule has 0 atom stereocenters. The lowest BCUT2D eigenvalue weighted by Gasteiger charge is -2.05. The van der Waals surface area contributed by atoms with Gasteiger partial charge in [0.15, 0.2) is 0 Å². The molecule has 1 aromatic rings. The molecular weight excluding hydrogens is 283 g/mol. The second-order valence-corrected chi connectivity index (χ2v) is 6.32. The molecule has 1 aromatic carbocycles. The summed E-state index contributed by atoms with van der Waals surface area (Å²) < 4.78 is 13.7. The molecule has 2 rings (SSSR count). The highest BCUT2D eigenvalue weighted by molar-refractivity contribution is 8.39. The summed E-state index contributed by atoms with van der Waals surface area (Å²) in [6, 6.07) is 6.34. The Labute approximate surface area is 120 Å². The third-order valence-electron chi connectivity index (χ3n) is 2.53. The molecular formula is C13H15FN2OS2. The van der Waals surface area contributed by atoms with Crippen LogP contribution >= 0.6 is 23.5 Å². The molecule has 0 fully saturated rings. The van der Waals surface area contributed by atoms with Gasteiger partial charge in [0.05, 0.1) is 12.3 Å². The van der Waals surface area contributed by atoms with E-state index in [1.165, 1.54) is 23.9 Å². The van der Waals surface area contributed by atoms with Crippen molar-refractivity contribution in [3.8, 4) is 0 Å². The van der Waals surface area contributed by atoms with Crippen LogP contribution in [0, 0.1) is 5.82 Å². The zero-order valence-electron chi connectivity index (χ0n) is 10.4. The van der Waals surface area contributed by atoms with Crippen molar-refractivity contribution >= 4 is 33.8 Å². The Morgan fingerprint density at radius 2 is 2.21 bits per heavy atom. The molecule has 0 saturated carbocycles. The molecule has 0 aliphatic carbocycles. The van der Waals surface area contributed by atoms with E-state index in [4.69, 9.17) is 0 Å². The van der Waals surface area contributed by atoms with Crippen LogP contribution in [0.4, 0.5) is 4.39 Å². The van der Waals surface area contributed by atoms with Crippen LogP contribution in [-0.4, -0.2) is 34.9 Å². The SMILES string of the molecule is O=C(CSC1=NCCS1)NCCc1ccc(F)cc1. The number of aliphatic imine (C=N–C) groups is 1. The summed E-state index contributed by atoms with van der Waals surface area (Å²) in [5, 5.41) is 2.85. The number of thioether (sulfide) groups is 2. The molecule has 0 bridgehead atoms. The monoisotopic (exact) mass is 298 g/mol. The highest BCUT2D eigenvalue weighted by atomic mass is 32.2. The number of benzene rings is 1. The molecule has 0 spiro atoms. The maximum absolute atomic E-state index is 12.7. The third kappa shape index (κ3) is 5.24. The molecule has 0 radical (unpaired) electrons. The van der Waals surface area contributed by atoms with Crippen molar-refractivity contribution in [1.29, 1.82) is 0 Å². The lowest BCUT2D eigenvalue weighted by atomic mass is 10.1. The molecule has 19 heavy (non-hydrogen) atoms. The van der Waals surface area contributed by atoms with Crippen molar-refractivity contribution in [2.24, 2.45) is 4.99 Å². The number of rotatable bonds is 5. The van der Waals surface area contributed by atoms with Gasteiger partial charge in [0, 0.05) is 12.3 Å². The summed E-state index contributed by atoms with van der Waals surface area (Å²) in [6.45, 7) is 1.43. The number of amides is 1. The van der Waals surface area contributed by atoms with Gasteiger partial charge >= 0.3 is 0 Å². The molecule has 0 aromatic heterocycles. The predicted molar refractivity (Wildman–Crippen MR) is 80.3 cm³/mol. The van der Waals surface area contributed by atoms with Gasteiger partial charge in [-0.3, -0.25) is 9.79 Å². The van der Waals surface area contributed by atoms with Gasteiger partial charge in [-0.15, -0.1) is 0 Å². The van der Waals surface area contributed by atoms with Crippen molar-refractivity contribution in [3.05, 3.63) is 35.6 Å². The highest BCUT2D eigenvalue weighted by Crippen LogP contribution is 2.21. The van der Waals surface area contributed by atoms with Crippen molar-refractivity contribution in [2.45, 2.75) is 6.42 Å². The van der Waals surface area contributed by atoms with E-state index < -0.39 is 0 Å². The Morgan fingerprint density at radius 3 is 2.89 bits per heavy atom. The maximum Gasteiger partial charge on any atom is 0.230 e. The first-order valence-corrected chi connectivity index (χ1v) is 8.02. The van der Waals surface area contributed by atoms with Gasteiger partial charge in [0.25, 0.3) is 0 Å². The van der Waals surface area contributed by atoms with Gasteiger partial charge in [0.2, 0.25) is 5.91 Å². The summed E-state index contributed by atoms with van der Waals surface area (Å²) in [4.78, 5) is 15.9. The Kier molecular flexibility index (Phi) is 5.72. The number of nitrogens with zero attached hydrogens (tertiary/aromatic N) is 1. The maximum atomic E-state index is 12.7. The Hall–Kier alpha value is -1.01. The Balaban J connectivity index is 1.62. The summed E-state index contributed by atoms with van der Waals surface area (Å²) in [7, 11) is 0. The molecule has 6 heteroatoms. The highest BCUT2D eigenvalue weighted by Gasteiger charge is 2.10. The van der Waals surface area contributed by atoms with Crippen LogP contribution in [-0.2, 0) is 11.2 Å². The lowest BCUT2D eigenvalue weighted by molar-refractivity contribution is -0.118. The number of nitrogens with one attached hydrogen (secondary N) is 1. The second kappa shape index (κ2) is 7.55. The fourth-order valence-corrected chi connectivity index (χ4v) is 3.42. The van der Waals surface area contributed by atoms with Gasteiger partial charge in [-0.1, -0.05) is 35.7 Å². The standard InChI is InChI=1S/C13H15FN2OS2/c14-11-3-1-10(2-4-11)5-6-15-12(17)9-19-13-16-7-8-18-13/h1-4H,5-9H2,(H,15,17). The van der Waals surface area contributed by atoms with Gasteiger partial charge in [0.1, 0.15) is 10.2 Å². The minimum absolute atomic E-state index is 0.0160. The molecule has 1 aliphatic heterocycles. The summed E-state index contributed by atoms with van der Waals surface area (Å²) in [6.07, 6.45) is 0.715. The molecule has 0 unspecified atom stereocenters. The average molecular weight is 298 g/mol. The molecule has 1 N–H and O–H groups in total. The average Bonchev–Trinajstić information content (AvgIpc) is 2.92. The largest absolute Gasteiger partial charge is 0.355 e. The molecule has 3 nitrogen and oxygen atoms in total. The number of halogens is 1. The van der Waals surface area contributed by atoms with E-state index >= 15 is 0 Å². The van der Waals surface area contributed by atoms with Gasteiger partial charge in [-0.2, -0.15) is 0 Å². The Bertz CT molecular complexity index is 462. The van der Waals surface area contributed by atoms with E-state index in [2.05, 4.69) is 10.3 Å². The van der Waals surface area contributed by atoms with E-state index in [0.717, 1.165) is 22.2 Å². The number of carbonyl (C=O) groups is 1. The minimum Gasteiger partial charge on any atom is -0.355 e. The van der Waals surface area contributed by atoms with Gasteiger partial charge in [-0.25, -0.2) is 4.39 Å². The van der Waals surface area contributed by atoms with Crippen LogP contribution in [0.15, 0.2) is 29.3 Å². The van der Waals surface area contributed by atoms with E-state index in [-0.39, 0.29) is 11.7 Å². The van der Waals surface area contributed by atoms with Crippen LogP contribution < -0.4 is 5.32 Å². The zero-order valence-corrected chi connectivity index (χ0v) is 12.0. The van der Waals surface area contributed by atoms with Crippen LogP contribution in [0.1, 0.15) is 5.56 Å². The van der Waals surface area contributed by atoms with Crippen molar-refractivity contribution < 1.29 is 9.18 Å². The fourth-order valence-electron chi connectivity index (χ4n) is 1.58. The molecule has 1 heterocycles. The molecule has 1 aliphatic rings. The number of hydrogen-bond donors (Lipinski definition) is 1. The third-order valence-corrected chi connectivity index (χ3v) is 4.79. The van der Waals surface area contributed by atoms with Crippen LogP contribution in [0.5, 0.6) is 0 Å². The van der Waals surface area contributed by atoms with Crippen LogP contribution in [0.25, 0.3) is 0 Å². The van der Waals surface area contributed by atoms with Crippen molar-refractivity contribution in [1.82, 2.24) is 5.32 Å². The van der Waals surface area contributed by atoms with E-state index in [1.807, 2.05) is 0 Å². The number of hydrogen-bond acceptors (Lipinski definition) is 4. The second-order valence-electron chi connectivity index (χ2n) is 4.01. The molecule has 1 amide bonds. The van der Waals surface area contributed by atoms with E-state index in [9.17, 15) is 9.18 Å². The first-order chi connectivity index (χ1) is 9.24. The van der Waals surface area contributed by atoms with Crippen molar-refractivity contribution in [3.63, 3.8) is 0 Å². The van der Waals surface area contributed by atoms with Crippen LogP contribution in [0.2, 0.25) is 0 Å². The lowest BCUT2D eigenvalue weighted by Crippen LogP contribution is -2.27. The summed E-state index contributed by atoms with van der Waals surface area (Å²) in [5.74, 6) is 1.21. The van der Waals surface area contributed by atoms with E-state index in [1.54, 1.807) is 23.9 Å². The topological polar surface area (TPSA) is 41.5 Å². The first-order valence-electron chi connectivity index (χ1n) is 6.05. The fraction of sp³-hybridized carbons (Fsp3) is 0.385. The summed E-state index contributed by atoms with van der Waals surface area (Å²) >= 11 is 3.20. The van der Waals surface area contributed by atoms with E-state index in [0.29, 0.717) is 18.7 Å².